The fraction of sp³-hybridized carbons (Fsp3) is 0.476. The number of allylic oxidation sites excluding steroid dienone is 29. The Balaban J connectivity index is 4.67. The van der Waals surface area contributed by atoms with Gasteiger partial charge in [0.05, 0.1) is 6.42 Å². The summed E-state index contributed by atoms with van der Waals surface area (Å²) in [6, 6.07) is 0. The summed E-state index contributed by atoms with van der Waals surface area (Å²) in [5.41, 5.74) is 0. The normalized spacial score (nSPS) is 13.6. The van der Waals surface area contributed by atoms with Crippen LogP contribution in [0.4, 0.5) is 0 Å². The molecule has 1 unspecified atom stereocenters. The lowest BCUT2D eigenvalue weighted by atomic mass is 10.2. The van der Waals surface area contributed by atoms with Crippen molar-refractivity contribution in [3.05, 3.63) is 182 Å². The molecule has 0 fully saturated rings. The molecule has 0 aromatic carbocycles. The molecule has 1 atom stereocenters. The average molecular weight is 945 g/mol. The van der Waals surface area contributed by atoms with Crippen LogP contribution in [0.3, 0.4) is 0 Å². The van der Waals surface area contributed by atoms with Gasteiger partial charge in [0, 0.05) is 12.8 Å². The van der Waals surface area contributed by atoms with Crippen LogP contribution in [-0.4, -0.2) is 37.2 Å². The fourth-order valence-corrected chi connectivity index (χ4v) is 6.10. The minimum absolute atomic E-state index is 0.0673. The highest BCUT2D eigenvalue weighted by molar-refractivity contribution is 5.72. The van der Waals surface area contributed by atoms with Gasteiger partial charge in [0.1, 0.15) is 13.2 Å². The summed E-state index contributed by atoms with van der Waals surface area (Å²) in [7, 11) is 0. The van der Waals surface area contributed by atoms with Crippen molar-refractivity contribution in [2.45, 2.75) is 181 Å². The van der Waals surface area contributed by atoms with Crippen LogP contribution in [0.15, 0.2) is 182 Å². The molecule has 380 valence electrons. The molecule has 0 rings (SSSR count). The van der Waals surface area contributed by atoms with E-state index < -0.39 is 12.1 Å². The lowest BCUT2D eigenvalue weighted by Crippen LogP contribution is -2.30. The third-order valence-electron chi connectivity index (χ3n) is 9.92. The van der Waals surface area contributed by atoms with Crippen LogP contribution in [0.5, 0.6) is 0 Å². The predicted molar refractivity (Wildman–Crippen MR) is 297 cm³/mol. The molecule has 0 aliphatic heterocycles. The van der Waals surface area contributed by atoms with Crippen LogP contribution in [0, 0.1) is 0 Å². The number of esters is 3. The number of hydrogen-bond donors (Lipinski definition) is 0. The molecule has 0 spiro atoms. The van der Waals surface area contributed by atoms with Gasteiger partial charge in [-0.25, -0.2) is 0 Å². The van der Waals surface area contributed by atoms with E-state index in [0.29, 0.717) is 19.3 Å². The van der Waals surface area contributed by atoms with E-state index in [1.165, 1.54) is 0 Å². The van der Waals surface area contributed by atoms with Crippen molar-refractivity contribution in [1.82, 2.24) is 0 Å². The topological polar surface area (TPSA) is 78.9 Å². The summed E-state index contributed by atoms with van der Waals surface area (Å²) in [6.45, 7) is 6.10. The first-order valence-corrected chi connectivity index (χ1v) is 26.3. The van der Waals surface area contributed by atoms with E-state index in [0.717, 1.165) is 116 Å². The molecule has 0 N–H and O–H groups in total. The first-order chi connectivity index (χ1) is 34.0. The second-order valence-corrected chi connectivity index (χ2v) is 16.3. The average Bonchev–Trinajstić information content (AvgIpc) is 3.35. The van der Waals surface area contributed by atoms with Gasteiger partial charge in [-0.3, -0.25) is 14.4 Å². The summed E-state index contributed by atoms with van der Waals surface area (Å²) in [4.78, 5) is 38.0. The minimum atomic E-state index is -0.878. The third-order valence-corrected chi connectivity index (χ3v) is 9.92. The van der Waals surface area contributed by atoms with Crippen molar-refractivity contribution >= 4 is 17.9 Å². The molecule has 0 heterocycles. The summed E-state index contributed by atoms with van der Waals surface area (Å²) in [6.07, 6.45) is 83.4. The zero-order valence-electron chi connectivity index (χ0n) is 43.2. The van der Waals surface area contributed by atoms with Crippen LogP contribution < -0.4 is 0 Å². The quantitative estimate of drug-likeness (QED) is 0.0262. The van der Waals surface area contributed by atoms with Gasteiger partial charge in [0.15, 0.2) is 6.10 Å². The Labute approximate surface area is 421 Å². The van der Waals surface area contributed by atoms with Gasteiger partial charge < -0.3 is 14.2 Å². The highest BCUT2D eigenvalue weighted by Crippen LogP contribution is 2.09. The maximum atomic E-state index is 12.8. The van der Waals surface area contributed by atoms with Crippen LogP contribution in [0.2, 0.25) is 0 Å². The number of carbonyl (C=O) groups is 3. The molecular weight excluding hydrogens is 853 g/mol. The zero-order chi connectivity index (χ0) is 50.0. The fourth-order valence-electron chi connectivity index (χ4n) is 6.10. The second-order valence-electron chi connectivity index (χ2n) is 16.3. The van der Waals surface area contributed by atoms with E-state index >= 15 is 0 Å². The van der Waals surface area contributed by atoms with Crippen molar-refractivity contribution in [1.29, 1.82) is 0 Å². The number of carbonyl (C=O) groups excluding carboxylic acids is 3. The van der Waals surface area contributed by atoms with E-state index in [1.807, 2.05) is 6.08 Å². The number of unbranched alkanes of at least 4 members (excludes halogenated alkanes) is 4. The van der Waals surface area contributed by atoms with Crippen LogP contribution >= 0.6 is 0 Å². The summed E-state index contributed by atoms with van der Waals surface area (Å²) in [5, 5.41) is 0. The molecule has 6 nitrogen and oxygen atoms in total. The molecule has 0 saturated heterocycles. The highest BCUT2D eigenvalue weighted by atomic mass is 16.6. The minimum Gasteiger partial charge on any atom is -0.462 e. The molecule has 0 saturated carbocycles. The lowest BCUT2D eigenvalue weighted by molar-refractivity contribution is -0.166. The Hall–Kier alpha value is -5.49. The molecule has 0 radical (unpaired) electrons. The van der Waals surface area contributed by atoms with E-state index in [9.17, 15) is 14.4 Å². The molecule has 69 heavy (non-hydrogen) atoms. The Kier molecular flexibility index (Phi) is 50.7. The molecule has 0 aliphatic carbocycles. The van der Waals surface area contributed by atoms with Crippen LogP contribution in [0.1, 0.15) is 175 Å². The molecular formula is C63H92O6. The van der Waals surface area contributed by atoms with Crippen molar-refractivity contribution in [2.75, 3.05) is 13.2 Å². The second kappa shape index (κ2) is 55.1. The van der Waals surface area contributed by atoms with Crippen molar-refractivity contribution in [2.24, 2.45) is 0 Å². The molecule has 0 amide bonds. The van der Waals surface area contributed by atoms with Crippen LogP contribution in [0.25, 0.3) is 0 Å². The van der Waals surface area contributed by atoms with Crippen LogP contribution in [-0.2, 0) is 28.6 Å². The summed E-state index contributed by atoms with van der Waals surface area (Å²) < 4.78 is 16.6. The van der Waals surface area contributed by atoms with E-state index in [2.05, 4.69) is 191 Å². The standard InChI is InChI=1S/C63H92O6/c1-4-7-10-13-16-19-22-25-28-29-30-31-32-33-36-38-41-44-47-50-53-56-62(65)68-59-60(69-63(66)57-54-51-48-45-42-39-35-27-24-21-18-15-12-9-6-3)58-67-61(64)55-52-49-46-43-40-37-34-26-23-20-17-14-11-8-5-2/h7-12,16-21,25-28,30-31,33-36,40-45,51,54,60H,4-6,13-15,22-24,29,32,37-39,46-50,52-53,55-59H2,1-3H3/b10-7-,11-8-,12-9-,19-16-,20-17-,21-18-,28-25-,31-30-,34-26-,35-27-,36-33-,43-40-,44-41-,45-42-,54-51-. The molecule has 6 heteroatoms. The highest BCUT2D eigenvalue weighted by Gasteiger charge is 2.19. The monoisotopic (exact) mass is 945 g/mol. The molecule has 0 bridgehead atoms. The van der Waals surface area contributed by atoms with Gasteiger partial charge in [0.25, 0.3) is 0 Å². The Bertz CT molecular complexity index is 1700. The molecule has 0 aromatic rings. The Morgan fingerprint density at radius 2 is 0.551 bits per heavy atom. The Morgan fingerprint density at radius 3 is 0.826 bits per heavy atom. The largest absolute Gasteiger partial charge is 0.462 e. The maximum absolute atomic E-state index is 12.8. The van der Waals surface area contributed by atoms with Crippen molar-refractivity contribution in [3.8, 4) is 0 Å². The number of rotatable bonds is 44. The van der Waals surface area contributed by atoms with E-state index in [1.54, 1.807) is 6.08 Å². The smallest absolute Gasteiger partial charge is 0.310 e. The van der Waals surface area contributed by atoms with Crippen molar-refractivity contribution in [3.63, 3.8) is 0 Å². The lowest BCUT2D eigenvalue weighted by Gasteiger charge is -2.18. The van der Waals surface area contributed by atoms with E-state index in [4.69, 9.17) is 14.2 Å². The van der Waals surface area contributed by atoms with Crippen molar-refractivity contribution < 1.29 is 28.6 Å². The van der Waals surface area contributed by atoms with Gasteiger partial charge in [-0.15, -0.1) is 0 Å². The summed E-state index contributed by atoms with van der Waals surface area (Å²) >= 11 is 0. The Morgan fingerprint density at radius 1 is 0.304 bits per heavy atom. The number of hydrogen-bond acceptors (Lipinski definition) is 6. The molecule has 0 aromatic heterocycles. The first-order valence-electron chi connectivity index (χ1n) is 26.3. The SMILES string of the molecule is CC/C=C\C/C=C\C/C=C\C/C=C\C/C=C\C/C=C\CCCCC(=O)OCC(COC(=O)CCCC/C=C\C/C=C\C/C=C\C/C=C\CC)OC(=O)C/C=C\C/C=C\C/C=C\C/C=C\C/C=C\CC. The molecule has 0 aliphatic rings. The summed E-state index contributed by atoms with van der Waals surface area (Å²) in [5.74, 6) is -1.19. The van der Waals surface area contributed by atoms with E-state index in [-0.39, 0.29) is 44.4 Å². The number of ether oxygens (including phenoxy) is 3. The zero-order valence-corrected chi connectivity index (χ0v) is 43.2. The third kappa shape index (κ3) is 53.3. The van der Waals surface area contributed by atoms with Gasteiger partial charge in [0.2, 0.25) is 0 Å². The van der Waals surface area contributed by atoms with Gasteiger partial charge in [-0.1, -0.05) is 203 Å². The predicted octanol–water partition coefficient (Wildman–Crippen LogP) is 17.7. The first kappa shape index (κ1) is 63.5. The maximum Gasteiger partial charge on any atom is 0.310 e. The van der Waals surface area contributed by atoms with Gasteiger partial charge >= 0.3 is 17.9 Å². The van der Waals surface area contributed by atoms with Gasteiger partial charge in [-0.2, -0.15) is 0 Å². The van der Waals surface area contributed by atoms with Gasteiger partial charge in [-0.05, 0) is 135 Å².